The first-order valence-corrected chi connectivity index (χ1v) is 11.7. The van der Waals surface area contributed by atoms with Crippen molar-refractivity contribution in [2.75, 3.05) is 6.54 Å². The fourth-order valence-electron chi connectivity index (χ4n) is 3.92. The zero-order valence-electron chi connectivity index (χ0n) is 19.8. The van der Waals surface area contributed by atoms with Crippen LogP contribution in [0.25, 0.3) is 39.1 Å². The minimum absolute atomic E-state index is 0. The molecule has 0 amide bonds. The fourth-order valence-corrected chi connectivity index (χ4v) is 3.92. The number of hydrogen-bond donors (Lipinski definition) is 2. The van der Waals surface area contributed by atoms with Gasteiger partial charge in [-0.25, -0.2) is 14.5 Å². The average Bonchev–Trinajstić information content (AvgIpc) is 3.55. The van der Waals surface area contributed by atoms with Crippen molar-refractivity contribution >= 4 is 16.4 Å². The van der Waals surface area contributed by atoms with E-state index in [0.29, 0.717) is 6.54 Å². The quantitative estimate of drug-likeness (QED) is 0.343. The summed E-state index contributed by atoms with van der Waals surface area (Å²) in [6.45, 7) is 5.63. The third-order valence-corrected chi connectivity index (χ3v) is 5.65. The lowest BCUT2D eigenvalue weighted by Crippen LogP contribution is -2.12. The summed E-state index contributed by atoms with van der Waals surface area (Å²) in [5.74, 6) is 0.883. The summed E-state index contributed by atoms with van der Waals surface area (Å²) < 4.78 is 1.75. The van der Waals surface area contributed by atoms with E-state index in [9.17, 15) is 0 Å². The summed E-state index contributed by atoms with van der Waals surface area (Å²) in [5.41, 5.74) is 5.40. The Morgan fingerprint density at radius 1 is 0.886 bits per heavy atom. The van der Waals surface area contributed by atoms with Crippen LogP contribution in [0.15, 0.2) is 91.4 Å². The molecular weight excluding hydrogens is 434 g/mol. The number of rotatable bonds is 5. The van der Waals surface area contributed by atoms with E-state index in [2.05, 4.69) is 80.8 Å². The van der Waals surface area contributed by atoms with E-state index in [4.69, 9.17) is 4.98 Å². The van der Waals surface area contributed by atoms with E-state index < -0.39 is 0 Å². The molecule has 6 aromatic rings. The molecule has 0 spiro atoms. The van der Waals surface area contributed by atoms with Gasteiger partial charge in [-0.3, -0.25) is 4.98 Å². The molecule has 0 radical (unpaired) electrons. The van der Waals surface area contributed by atoms with Crippen molar-refractivity contribution in [3.8, 4) is 22.6 Å². The van der Waals surface area contributed by atoms with Crippen LogP contribution in [0.4, 0.5) is 0 Å². The Labute approximate surface area is 205 Å². The van der Waals surface area contributed by atoms with Crippen molar-refractivity contribution in [1.82, 2.24) is 34.9 Å². The minimum atomic E-state index is 0. The van der Waals surface area contributed by atoms with Gasteiger partial charge in [-0.15, -0.1) is 0 Å². The first kappa shape index (κ1) is 22.4. The van der Waals surface area contributed by atoms with Crippen LogP contribution in [0, 0.1) is 6.92 Å². The summed E-state index contributed by atoms with van der Waals surface area (Å²) in [6.07, 6.45) is 3.48. The van der Waals surface area contributed by atoms with Crippen molar-refractivity contribution in [2.24, 2.45) is 0 Å². The molecule has 0 saturated heterocycles. The smallest absolute Gasteiger partial charge is 0.155 e. The first-order valence-electron chi connectivity index (χ1n) is 11.7. The van der Waals surface area contributed by atoms with Crippen LogP contribution in [0.1, 0.15) is 19.9 Å². The number of pyridine rings is 2. The van der Waals surface area contributed by atoms with E-state index in [1.165, 1.54) is 10.8 Å². The summed E-state index contributed by atoms with van der Waals surface area (Å²) >= 11 is 0. The van der Waals surface area contributed by atoms with Crippen molar-refractivity contribution in [3.05, 3.63) is 103 Å². The molecule has 0 aliphatic rings. The zero-order valence-corrected chi connectivity index (χ0v) is 19.8. The van der Waals surface area contributed by atoms with Crippen LogP contribution in [0.2, 0.25) is 0 Å². The second-order valence-corrected chi connectivity index (χ2v) is 8.18. The molecule has 0 saturated carbocycles. The molecule has 0 unspecified atom stereocenters. The van der Waals surface area contributed by atoms with Crippen LogP contribution in [-0.4, -0.2) is 36.1 Å². The minimum Gasteiger partial charge on any atom is -0.339 e. The van der Waals surface area contributed by atoms with Crippen molar-refractivity contribution < 1.29 is 1.43 Å². The molecule has 0 aliphatic carbocycles. The van der Waals surface area contributed by atoms with Gasteiger partial charge in [-0.05, 0) is 48.5 Å². The highest BCUT2D eigenvalue weighted by Crippen LogP contribution is 2.29. The first-order chi connectivity index (χ1) is 17.2. The number of fused-ring (bicyclic) bond motifs is 2. The lowest BCUT2D eigenvalue weighted by Gasteiger charge is -2.04. The number of imidazole rings is 1. The molecule has 0 bridgehead atoms. The number of benzene rings is 2. The van der Waals surface area contributed by atoms with Gasteiger partial charge in [0.25, 0.3) is 0 Å². The SMILES string of the molecule is CCNCc1nc(-c2ccc3ncnn3c2)c(-c2cccc(C)n2)[nH]1.[HH].c1ccc2ccccc2c1. The molecule has 0 atom stereocenters. The summed E-state index contributed by atoms with van der Waals surface area (Å²) in [6, 6.07) is 26.7. The predicted molar refractivity (Wildman–Crippen MR) is 142 cm³/mol. The molecule has 2 N–H and O–H groups in total. The Morgan fingerprint density at radius 2 is 1.63 bits per heavy atom. The van der Waals surface area contributed by atoms with Crippen LogP contribution in [0.3, 0.4) is 0 Å². The van der Waals surface area contributed by atoms with E-state index in [1.54, 1.807) is 10.8 Å². The third kappa shape index (κ3) is 5.10. The number of hydrogen-bond acceptors (Lipinski definition) is 5. The highest BCUT2D eigenvalue weighted by Gasteiger charge is 2.16. The molecule has 4 aromatic heterocycles. The van der Waals surface area contributed by atoms with Gasteiger partial charge in [0.15, 0.2) is 5.65 Å². The molecule has 7 nitrogen and oxygen atoms in total. The van der Waals surface area contributed by atoms with E-state index >= 15 is 0 Å². The predicted octanol–water partition coefficient (Wildman–Crippen LogP) is 5.69. The standard InChI is InChI=1S/C18H19N7.C10H8.H2/c1-3-19-9-15-23-17(13-7-8-16-20-11-21-25(16)10-13)18(24-15)14-6-4-5-12(2)22-14;1-2-6-10-8-4-3-7-9(10)5-1;/h4-8,10-11,19H,3,9H2,1-2H3,(H,23,24);1-8H;1H. The lowest BCUT2D eigenvalue weighted by molar-refractivity contribution is 0.698. The van der Waals surface area contributed by atoms with Gasteiger partial charge in [-0.2, -0.15) is 5.10 Å². The molecule has 0 aliphatic heterocycles. The molecule has 2 aromatic carbocycles. The second-order valence-electron chi connectivity index (χ2n) is 8.18. The van der Waals surface area contributed by atoms with E-state index in [-0.39, 0.29) is 1.43 Å². The van der Waals surface area contributed by atoms with Crippen molar-refractivity contribution in [1.29, 1.82) is 0 Å². The van der Waals surface area contributed by atoms with Gasteiger partial charge >= 0.3 is 0 Å². The Morgan fingerprint density at radius 3 is 2.31 bits per heavy atom. The topological polar surface area (TPSA) is 83.8 Å². The van der Waals surface area contributed by atoms with Crippen molar-refractivity contribution in [3.63, 3.8) is 0 Å². The maximum absolute atomic E-state index is 4.80. The Hall–Kier alpha value is -4.36. The van der Waals surface area contributed by atoms with Gasteiger partial charge < -0.3 is 10.3 Å². The normalized spacial score (nSPS) is 10.9. The second kappa shape index (κ2) is 10.3. The van der Waals surface area contributed by atoms with Gasteiger partial charge in [0.05, 0.1) is 23.6 Å². The maximum atomic E-state index is 4.80. The van der Waals surface area contributed by atoms with Crippen LogP contribution in [-0.2, 0) is 6.54 Å². The molecule has 7 heteroatoms. The number of aryl methyl sites for hydroxylation is 1. The van der Waals surface area contributed by atoms with E-state index in [1.807, 2.05) is 43.5 Å². The molecule has 35 heavy (non-hydrogen) atoms. The summed E-state index contributed by atoms with van der Waals surface area (Å²) in [7, 11) is 0. The molecule has 6 rings (SSSR count). The molecule has 0 fully saturated rings. The average molecular weight is 464 g/mol. The number of aromatic amines is 1. The summed E-state index contributed by atoms with van der Waals surface area (Å²) in [5, 5.41) is 10.1. The molecular formula is C28H29N7. The number of nitrogens with zero attached hydrogens (tertiary/aromatic N) is 5. The van der Waals surface area contributed by atoms with Crippen LogP contribution in [0.5, 0.6) is 0 Å². The third-order valence-electron chi connectivity index (χ3n) is 5.65. The van der Waals surface area contributed by atoms with Gasteiger partial charge in [0.2, 0.25) is 0 Å². The number of aromatic nitrogens is 6. The molecule has 176 valence electrons. The Bertz CT molecular complexity index is 1510. The van der Waals surface area contributed by atoms with Gasteiger partial charge in [0.1, 0.15) is 12.2 Å². The highest BCUT2D eigenvalue weighted by atomic mass is 15.3. The largest absolute Gasteiger partial charge is 0.339 e. The van der Waals surface area contributed by atoms with Crippen molar-refractivity contribution in [2.45, 2.75) is 20.4 Å². The monoisotopic (exact) mass is 463 g/mol. The Kier molecular flexibility index (Phi) is 6.59. The van der Waals surface area contributed by atoms with Crippen LogP contribution >= 0.6 is 0 Å². The van der Waals surface area contributed by atoms with E-state index in [0.717, 1.165) is 46.4 Å². The number of nitrogens with one attached hydrogen (secondary N) is 2. The lowest BCUT2D eigenvalue weighted by atomic mass is 10.1. The highest BCUT2D eigenvalue weighted by molar-refractivity contribution is 5.82. The number of H-pyrrole nitrogens is 1. The maximum Gasteiger partial charge on any atom is 0.155 e. The van der Waals surface area contributed by atoms with Crippen LogP contribution < -0.4 is 5.32 Å². The fraction of sp³-hybridized carbons (Fsp3) is 0.143. The zero-order chi connectivity index (χ0) is 24.0. The Balaban J connectivity index is 0.000000232. The van der Waals surface area contributed by atoms with Gasteiger partial charge in [-0.1, -0.05) is 61.5 Å². The molecule has 4 heterocycles. The summed E-state index contributed by atoms with van der Waals surface area (Å²) in [4.78, 5) is 17.1. The van der Waals surface area contributed by atoms with Gasteiger partial charge in [0, 0.05) is 18.9 Å².